The number of anilines is 1. The second kappa shape index (κ2) is 10.1. The molecule has 1 N–H and O–H groups in total. The van der Waals surface area contributed by atoms with Crippen molar-refractivity contribution in [1.29, 1.82) is 0 Å². The molecule has 3 saturated heterocycles. The predicted molar refractivity (Wildman–Crippen MR) is 126 cm³/mol. The van der Waals surface area contributed by atoms with Gasteiger partial charge in [-0.05, 0) is 87.2 Å². The summed E-state index contributed by atoms with van der Waals surface area (Å²) in [6, 6.07) is 9.23. The Labute approximate surface area is 191 Å². The molecule has 0 saturated carbocycles. The van der Waals surface area contributed by atoms with E-state index in [1.165, 1.54) is 50.9 Å². The Balaban J connectivity index is 1.26. The van der Waals surface area contributed by atoms with Crippen molar-refractivity contribution in [1.82, 2.24) is 19.8 Å². The fraction of sp³-hybridized carbons (Fsp3) is 0.577. The third kappa shape index (κ3) is 4.86. The molecular weight excluding hydrogens is 398 g/mol. The molecule has 2 aromatic heterocycles. The summed E-state index contributed by atoms with van der Waals surface area (Å²) in [6.07, 6.45) is 15.2. The van der Waals surface area contributed by atoms with E-state index in [0.29, 0.717) is 12.5 Å². The SMILES string of the molecule is O=C(CCC[C@@H]1[C@H]2CCCN3CCC[C@@H](CN1Cc1cccnc1)[C@@H]23)Nc1ccncc1. The van der Waals surface area contributed by atoms with Crippen LogP contribution in [0.1, 0.15) is 50.5 Å². The number of carbonyl (C=O) groups excluding carboxylic acids is 1. The Morgan fingerprint density at radius 1 is 1.06 bits per heavy atom. The molecule has 0 unspecified atom stereocenters. The minimum Gasteiger partial charge on any atom is -0.326 e. The molecule has 3 aliphatic rings. The van der Waals surface area contributed by atoms with Gasteiger partial charge in [0.25, 0.3) is 0 Å². The van der Waals surface area contributed by atoms with E-state index in [2.05, 4.69) is 31.2 Å². The van der Waals surface area contributed by atoms with Gasteiger partial charge < -0.3 is 5.32 Å². The maximum absolute atomic E-state index is 12.5. The van der Waals surface area contributed by atoms with Crippen molar-refractivity contribution in [3.63, 3.8) is 0 Å². The van der Waals surface area contributed by atoms with E-state index in [1.54, 1.807) is 12.4 Å². The highest BCUT2D eigenvalue weighted by Crippen LogP contribution is 2.43. The van der Waals surface area contributed by atoms with Gasteiger partial charge in [0.1, 0.15) is 0 Å². The third-order valence-electron chi connectivity index (χ3n) is 7.75. The lowest BCUT2D eigenvalue weighted by molar-refractivity contribution is -0.116. The maximum atomic E-state index is 12.5. The van der Waals surface area contributed by atoms with E-state index in [0.717, 1.165) is 43.0 Å². The van der Waals surface area contributed by atoms with Crippen LogP contribution in [0.5, 0.6) is 0 Å². The van der Waals surface area contributed by atoms with Crippen LogP contribution in [0, 0.1) is 11.8 Å². The second-order valence-corrected chi connectivity index (χ2v) is 9.77. The summed E-state index contributed by atoms with van der Waals surface area (Å²) in [7, 11) is 0. The van der Waals surface area contributed by atoms with Gasteiger partial charge in [0.2, 0.25) is 5.91 Å². The van der Waals surface area contributed by atoms with E-state index >= 15 is 0 Å². The van der Waals surface area contributed by atoms with Crippen LogP contribution in [0.25, 0.3) is 0 Å². The first-order valence-electron chi connectivity index (χ1n) is 12.3. The summed E-state index contributed by atoms with van der Waals surface area (Å²) in [5.41, 5.74) is 2.13. The molecule has 0 bridgehead atoms. The minimum atomic E-state index is 0.103. The molecule has 3 fully saturated rings. The zero-order valence-electron chi connectivity index (χ0n) is 18.9. The molecule has 4 atom stereocenters. The van der Waals surface area contributed by atoms with Gasteiger partial charge in [0.05, 0.1) is 0 Å². The van der Waals surface area contributed by atoms with Gasteiger partial charge in [-0.15, -0.1) is 0 Å². The van der Waals surface area contributed by atoms with Crippen molar-refractivity contribution in [2.24, 2.45) is 11.8 Å². The van der Waals surface area contributed by atoms with Gasteiger partial charge >= 0.3 is 0 Å². The van der Waals surface area contributed by atoms with Gasteiger partial charge in [-0.3, -0.25) is 24.6 Å². The monoisotopic (exact) mass is 433 g/mol. The second-order valence-electron chi connectivity index (χ2n) is 9.77. The molecule has 3 aliphatic heterocycles. The third-order valence-corrected chi connectivity index (χ3v) is 7.75. The number of rotatable bonds is 7. The Bertz CT molecular complexity index is 874. The van der Waals surface area contributed by atoms with E-state index < -0.39 is 0 Å². The van der Waals surface area contributed by atoms with E-state index in [-0.39, 0.29) is 5.91 Å². The average Bonchev–Trinajstić information content (AvgIpc) is 2.82. The van der Waals surface area contributed by atoms with Crippen LogP contribution < -0.4 is 5.32 Å². The summed E-state index contributed by atoms with van der Waals surface area (Å²) in [5, 5.41) is 3.01. The van der Waals surface area contributed by atoms with Crippen LogP contribution in [0.2, 0.25) is 0 Å². The lowest BCUT2D eigenvalue weighted by Gasteiger charge is -2.57. The topological polar surface area (TPSA) is 61.4 Å². The zero-order valence-corrected chi connectivity index (χ0v) is 18.9. The van der Waals surface area contributed by atoms with Crippen LogP contribution in [0.4, 0.5) is 5.69 Å². The maximum Gasteiger partial charge on any atom is 0.224 e. The van der Waals surface area contributed by atoms with Crippen LogP contribution in [-0.4, -0.2) is 57.4 Å². The Hall–Kier alpha value is -2.31. The molecule has 32 heavy (non-hydrogen) atoms. The molecule has 1 amide bonds. The zero-order chi connectivity index (χ0) is 21.8. The minimum absolute atomic E-state index is 0.103. The number of hydrogen-bond donors (Lipinski definition) is 1. The van der Waals surface area contributed by atoms with Crippen LogP contribution in [0.15, 0.2) is 49.1 Å². The number of amides is 1. The quantitative estimate of drug-likeness (QED) is 0.716. The first-order valence-corrected chi connectivity index (χ1v) is 12.3. The fourth-order valence-corrected chi connectivity index (χ4v) is 6.52. The predicted octanol–water partition coefficient (Wildman–Crippen LogP) is 3.96. The van der Waals surface area contributed by atoms with Crippen molar-refractivity contribution in [2.45, 2.75) is 63.6 Å². The normalized spacial score (nSPS) is 28.1. The molecule has 0 aliphatic carbocycles. The molecule has 0 spiro atoms. The molecule has 0 aromatic carbocycles. The standard InChI is InChI=1S/C26H35N5O/c32-25(29-22-10-13-27-14-11-22)9-1-8-24-23-7-4-16-30-15-3-6-21(26(23)30)19-31(24)18-20-5-2-12-28-17-20/h2,5,10-14,17,21,23-24,26H,1,3-4,6-9,15-16,18-19H2,(H,27,29,32)/t21-,23+,24+,26-/m0/s1. The van der Waals surface area contributed by atoms with E-state index in [9.17, 15) is 4.79 Å². The fourth-order valence-electron chi connectivity index (χ4n) is 6.52. The number of aromatic nitrogens is 2. The lowest BCUT2D eigenvalue weighted by Crippen LogP contribution is -2.64. The number of piperidine rings is 3. The Morgan fingerprint density at radius 2 is 1.91 bits per heavy atom. The molecule has 170 valence electrons. The van der Waals surface area contributed by atoms with Crippen LogP contribution in [-0.2, 0) is 11.3 Å². The highest BCUT2D eigenvalue weighted by atomic mass is 16.1. The smallest absolute Gasteiger partial charge is 0.224 e. The van der Waals surface area contributed by atoms with Crippen molar-refractivity contribution in [3.8, 4) is 0 Å². The molecule has 5 heterocycles. The summed E-state index contributed by atoms with van der Waals surface area (Å²) in [6.45, 7) is 4.71. The van der Waals surface area contributed by atoms with E-state index in [1.807, 2.05) is 30.6 Å². The highest BCUT2D eigenvalue weighted by molar-refractivity contribution is 5.90. The molecule has 6 nitrogen and oxygen atoms in total. The number of pyridine rings is 2. The molecule has 2 aromatic rings. The number of nitrogens with one attached hydrogen (secondary N) is 1. The van der Waals surface area contributed by atoms with Crippen LogP contribution >= 0.6 is 0 Å². The Kier molecular flexibility index (Phi) is 6.79. The van der Waals surface area contributed by atoms with Crippen molar-refractivity contribution < 1.29 is 4.79 Å². The largest absolute Gasteiger partial charge is 0.326 e. The summed E-state index contributed by atoms with van der Waals surface area (Å²) >= 11 is 0. The number of carbonyl (C=O) groups is 1. The number of nitrogens with zero attached hydrogens (tertiary/aromatic N) is 4. The van der Waals surface area contributed by atoms with E-state index in [4.69, 9.17) is 0 Å². The summed E-state index contributed by atoms with van der Waals surface area (Å²) in [4.78, 5) is 26.4. The van der Waals surface area contributed by atoms with Crippen molar-refractivity contribution in [2.75, 3.05) is 25.0 Å². The summed E-state index contributed by atoms with van der Waals surface area (Å²) < 4.78 is 0. The highest BCUT2D eigenvalue weighted by Gasteiger charge is 2.48. The molecule has 6 heteroatoms. The molecular formula is C26H35N5O. The average molecular weight is 434 g/mol. The number of likely N-dealkylation sites (tertiary alicyclic amines) is 1. The van der Waals surface area contributed by atoms with Gasteiger partial charge in [-0.25, -0.2) is 0 Å². The Morgan fingerprint density at radius 3 is 2.72 bits per heavy atom. The van der Waals surface area contributed by atoms with Gasteiger partial charge in [0.15, 0.2) is 0 Å². The van der Waals surface area contributed by atoms with Crippen LogP contribution in [0.3, 0.4) is 0 Å². The molecule has 5 rings (SSSR count). The van der Waals surface area contributed by atoms with Gasteiger partial charge in [-0.1, -0.05) is 6.07 Å². The summed E-state index contributed by atoms with van der Waals surface area (Å²) in [5.74, 6) is 1.62. The lowest BCUT2D eigenvalue weighted by atomic mass is 9.69. The van der Waals surface area contributed by atoms with Crippen molar-refractivity contribution >= 4 is 11.6 Å². The first-order chi connectivity index (χ1) is 15.8. The number of hydrogen-bond acceptors (Lipinski definition) is 5. The molecule has 0 radical (unpaired) electrons. The van der Waals surface area contributed by atoms with Gasteiger partial charge in [0, 0.05) is 62.1 Å². The van der Waals surface area contributed by atoms with Crippen molar-refractivity contribution in [3.05, 3.63) is 54.6 Å². The first kappa shape index (κ1) is 21.5. The van der Waals surface area contributed by atoms with Gasteiger partial charge in [-0.2, -0.15) is 0 Å².